The fourth-order valence-electron chi connectivity index (χ4n) is 4.24. The van der Waals surface area contributed by atoms with Gasteiger partial charge in [-0.3, -0.25) is 0 Å². The fourth-order valence-corrected chi connectivity index (χ4v) is 4.24. The number of hydrogen-bond acceptors (Lipinski definition) is 3. The van der Waals surface area contributed by atoms with E-state index < -0.39 is 17.5 Å². The molecule has 0 radical (unpaired) electrons. The van der Waals surface area contributed by atoms with Gasteiger partial charge in [-0.2, -0.15) is 0 Å². The smallest absolute Gasteiger partial charge is 0.158 e. The minimum atomic E-state index is -0.852. The van der Waals surface area contributed by atoms with E-state index in [4.69, 9.17) is 4.74 Å². The van der Waals surface area contributed by atoms with Crippen LogP contribution < -0.4 is 0 Å². The highest BCUT2D eigenvalue weighted by Crippen LogP contribution is 2.60. The molecule has 0 amide bonds. The van der Waals surface area contributed by atoms with Crippen molar-refractivity contribution in [2.75, 3.05) is 0 Å². The average molecular weight is 236 g/mol. The van der Waals surface area contributed by atoms with Crippen molar-refractivity contribution in [1.29, 1.82) is 0 Å². The summed E-state index contributed by atoms with van der Waals surface area (Å²) in [7, 11) is 0. The Morgan fingerprint density at radius 2 is 2.24 bits per heavy atom. The molecule has 0 aromatic carbocycles. The van der Waals surface area contributed by atoms with Crippen LogP contribution in [0.3, 0.4) is 0 Å². The first-order chi connectivity index (χ1) is 8.11. The third-order valence-corrected chi connectivity index (χ3v) is 4.86. The molecule has 1 heterocycles. The summed E-state index contributed by atoms with van der Waals surface area (Å²) in [6.45, 7) is 3.80. The molecule has 94 valence electrons. The molecule has 1 unspecified atom stereocenters. The molecule has 0 bridgehead atoms. The van der Waals surface area contributed by atoms with Crippen LogP contribution in [-0.2, 0) is 4.74 Å². The van der Waals surface area contributed by atoms with E-state index in [0.29, 0.717) is 18.3 Å². The average Bonchev–Trinajstić information content (AvgIpc) is 2.62. The van der Waals surface area contributed by atoms with E-state index in [-0.39, 0.29) is 0 Å². The van der Waals surface area contributed by atoms with Crippen molar-refractivity contribution in [3.63, 3.8) is 0 Å². The van der Waals surface area contributed by atoms with Crippen molar-refractivity contribution in [2.24, 2.45) is 11.8 Å². The van der Waals surface area contributed by atoms with E-state index in [1.165, 1.54) is 0 Å². The van der Waals surface area contributed by atoms with Crippen LogP contribution in [0.1, 0.15) is 32.1 Å². The molecular formula is C14H20O3. The highest BCUT2D eigenvalue weighted by molar-refractivity contribution is 5.22. The van der Waals surface area contributed by atoms with Crippen LogP contribution in [0.15, 0.2) is 24.8 Å². The van der Waals surface area contributed by atoms with Gasteiger partial charge in [0.1, 0.15) is 5.60 Å². The Bertz CT molecular complexity index is 364. The lowest BCUT2D eigenvalue weighted by Crippen LogP contribution is -2.51. The van der Waals surface area contributed by atoms with E-state index in [0.717, 1.165) is 25.7 Å². The molecule has 3 rings (SSSR count). The Hall–Kier alpha value is -0.640. The first-order valence-corrected chi connectivity index (χ1v) is 6.45. The second kappa shape index (κ2) is 3.67. The molecule has 3 nitrogen and oxygen atoms in total. The number of hydrogen-bond donors (Lipinski definition) is 2. The largest absolute Gasteiger partial charge is 0.387 e. The Labute approximate surface area is 102 Å². The van der Waals surface area contributed by atoms with Gasteiger partial charge >= 0.3 is 0 Å². The number of aliphatic hydroxyl groups is 2. The molecule has 0 aromatic rings. The van der Waals surface area contributed by atoms with Crippen LogP contribution in [0.4, 0.5) is 0 Å². The lowest BCUT2D eigenvalue weighted by molar-refractivity contribution is -0.181. The first kappa shape index (κ1) is 11.5. The summed E-state index contributed by atoms with van der Waals surface area (Å²) in [6, 6.07) is 0. The molecule has 2 fully saturated rings. The zero-order valence-electron chi connectivity index (χ0n) is 10.0. The van der Waals surface area contributed by atoms with Gasteiger partial charge in [0, 0.05) is 6.42 Å². The van der Waals surface area contributed by atoms with Gasteiger partial charge < -0.3 is 14.9 Å². The van der Waals surface area contributed by atoms with Crippen molar-refractivity contribution in [2.45, 2.75) is 49.6 Å². The summed E-state index contributed by atoms with van der Waals surface area (Å²) >= 11 is 0. The van der Waals surface area contributed by atoms with Crippen LogP contribution in [0.5, 0.6) is 0 Å². The quantitative estimate of drug-likeness (QED) is 0.718. The van der Waals surface area contributed by atoms with E-state index in [2.05, 4.69) is 18.7 Å². The molecular weight excluding hydrogens is 216 g/mol. The van der Waals surface area contributed by atoms with Crippen LogP contribution in [-0.4, -0.2) is 27.7 Å². The maximum atomic E-state index is 10.8. The number of rotatable bonds is 2. The predicted octanol–water partition coefficient (Wildman–Crippen LogP) is 1.76. The van der Waals surface area contributed by atoms with E-state index >= 15 is 0 Å². The summed E-state index contributed by atoms with van der Waals surface area (Å²) in [5.41, 5.74) is -1.40. The van der Waals surface area contributed by atoms with Crippen molar-refractivity contribution in [3.05, 3.63) is 24.8 Å². The number of aliphatic hydroxyl groups excluding tert-OH is 1. The Kier molecular flexibility index (Phi) is 2.47. The molecule has 1 aliphatic heterocycles. The summed E-state index contributed by atoms with van der Waals surface area (Å²) in [5, 5.41) is 20.6. The SMILES string of the molecule is C=CC[C@@H]1C[C@]2(O)CC(O)O[C@@]23CC=CC[C@H]13. The van der Waals surface area contributed by atoms with Gasteiger partial charge in [0.15, 0.2) is 6.29 Å². The van der Waals surface area contributed by atoms with Crippen molar-refractivity contribution in [1.82, 2.24) is 0 Å². The first-order valence-electron chi connectivity index (χ1n) is 6.45. The van der Waals surface area contributed by atoms with Gasteiger partial charge in [-0.1, -0.05) is 18.2 Å². The van der Waals surface area contributed by atoms with Gasteiger partial charge in [0.25, 0.3) is 0 Å². The maximum Gasteiger partial charge on any atom is 0.158 e. The summed E-state index contributed by atoms with van der Waals surface area (Å²) in [6.07, 6.45) is 9.03. The lowest BCUT2D eigenvalue weighted by atomic mass is 9.73. The zero-order chi connectivity index (χ0) is 12.1. The van der Waals surface area contributed by atoms with E-state index in [9.17, 15) is 10.2 Å². The zero-order valence-corrected chi connectivity index (χ0v) is 10.0. The Balaban J connectivity index is 1.99. The van der Waals surface area contributed by atoms with E-state index in [1.54, 1.807) is 0 Å². The van der Waals surface area contributed by atoms with Crippen LogP contribution >= 0.6 is 0 Å². The standard InChI is InChI=1S/C14H20O3/c1-2-5-10-8-13(16)9-12(15)17-14(13)7-4-3-6-11(10)14/h2-4,10-12,15-16H,1,5-9H2/t10-,11-,12?,13+,14-/m1/s1. The minimum Gasteiger partial charge on any atom is -0.387 e. The summed E-state index contributed by atoms with van der Waals surface area (Å²) in [5.74, 6) is 0.739. The summed E-state index contributed by atoms with van der Waals surface area (Å²) < 4.78 is 5.78. The minimum absolute atomic E-state index is 0.313. The normalized spacial score (nSPS) is 52.2. The lowest BCUT2D eigenvalue weighted by Gasteiger charge is -2.40. The molecule has 1 spiro atoms. The van der Waals surface area contributed by atoms with Gasteiger partial charge in [0.05, 0.1) is 5.60 Å². The van der Waals surface area contributed by atoms with Crippen LogP contribution in [0, 0.1) is 11.8 Å². The second-order valence-electron chi connectivity index (χ2n) is 5.70. The Morgan fingerprint density at radius 3 is 3.00 bits per heavy atom. The summed E-state index contributed by atoms with van der Waals surface area (Å²) in [4.78, 5) is 0. The van der Waals surface area contributed by atoms with Crippen molar-refractivity contribution >= 4 is 0 Å². The number of ether oxygens (including phenoxy) is 1. The van der Waals surface area contributed by atoms with Gasteiger partial charge in [0.2, 0.25) is 0 Å². The Morgan fingerprint density at radius 1 is 1.41 bits per heavy atom. The van der Waals surface area contributed by atoms with Crippen molar-refractivity contribution in [3.8, 4) is 0 Å². The topological polar surface area (TPSA) is 49.7 Å². The van der Waals surface area contributed by atoms with E-state index in [1.807, 2.05) is 6.08 Å². The monoisotopic (exact) mass is 236 g/mol. The van der Waals surface area contributed by atoms with Crippen LogP contribution in [0.25, 0.3) is 0 Å². The van der Waals surface area contributed by atoms with Gasteiger partial charge in [-0.25, -0.2) is 0 Å². The molecule has 2 aliphatic carbocycles. The molecule has 3 aliphatic rings. The van der Waals surface area contributed by atoms with Crippen LogP contribution in [0.2, 0.25) is 0 Å². The molecule has 2 N–H and O–H groups in total. The van der Waals surface area contributed by atoms with Gasteiger partial charge in [-0.15, -0.1) is 6.58 Å². The van der Waals surface area contributed by atoms with Gasteiger partial charge in [-0.05, 0) is 37.5 Å². The second-order valence-corrected chi connectivity index (χ2v) is 5.70. The maximum absolute atomic E-state index is 10.8. The molecule has 1 saturated carbocycles. The molecule has 5 atom stereocenters. The van der Waals surface area contributed by atoms with Crippen molar-refractivity contribution < 1.29 is 14.9 Å². The predicted molar refractivity (Wildman–Crippen MR) is 64.2 cm³/mol. The molecule has 1 saturated heterocycles. The molecule has 0 aromatic heterocycles. The molecule has 3 heteroatoms. The third-order valence-electron chi connectivity index (χ3n) is 4.86. The number of allylic oxidation sites excluding steroid dienone is 2. The molecule has 17 heavy (non-hydrogen) atoms. The third kappa shape index (κ3) is 1.39. The highest BCUT2D eigenvalue weighted by atomic mass is 16.6. The fraction of sp³-hybridized carbons (Fsp3) is 0.714. The highest BCUT2D eigenvalue weighted by Gasteiger charge is 2.68.